The normalized spacial score (nSPS) is 21.7. The second-order valence-electron chi connectivity index (χ2n) is 9.52. The van der Waals surface area contributed by atoms with Crippen LogP contribution in [0.3, 0.4) is 0 Å². The average Bonchev–Trinajstić information content (AvgIpc) is 3.62. The minimum atomic E-state index is -0.461. The van der Waals surface area contributed by atoms with Crippen LogP contribution in [0.1, 0.15) is 49.3 Å². The van der Waals surface area contributed by atoms with Crippen molar-refractivity contribution in [3.05, 3.63) is 41.5 Å². The standard InChI is InChI=1S/C25H33N5O4/c1-33-20-6-4-19(5-7-20)25(10-2-3-11-25)24(32)29-12-8-21-27-28-22(30(21)14-13-29)16-26-23(31)18-9-15-34-17-18/h4-7,18H,2-3,8-17H2,1H3,(H,26,31)/t18-/m0/s1. The highest BCUT2D eigenvalue weighted by Gasteiger charge is 2.45. The number of amides is 2. The van der Waals surface area contributed by atoms with Gasteiger partial charge in [-0.25, -0.2) is 0 Å². The van der Waals surface area contributed by atoms with Crippen LogP contribution in [-0.4, -0.2) is 64.9 Å². The summed E-state index contributed by atoms with van der Waals surface area (Å²) in [5.74, 6) is 2.54. The summed E-state index contributed by atoms with van der Waals surface area (Å²) in [5, 5.41) is 11.7. The summed E-state index contributed by atoms with van der Waals surface area (Å²) in [4.78, 5) is 28.3. The molecule has 1 N–H and O–H groups in total. The Kier molecular flexibility index (Phi) is 6.54. The van der Waals surface area contributed by atoms with Gasteiger partial charge in [0.05, 0.1) is 31.6 Å². The number of rotatable bonds is 6. The Morgan fingerprint density at radius 1 is 1.15 bits per heavy atom. The minimum Gasteiger partial charge on any atom is -0.497 e. The molecule has 9 heteroatoms. The molecule has 5 rings (SSSR count). The predicted molar refractivity (Wildman–Crippen MR) is 124 cm³/mol. The van der Waals surface area contributed by atoms with Crippen molar-refractivity contribution < 1.29 is 19.1 Å². The zero-order chi connectivity index (χ0) is 23.5. The number of nitrogens with one attached hydrogen (secondary N) is 1. The summed E-state index contributed by atoms with van der Waals surface area (Å²) in [6, 6.07) is 7.99. The first-order valence-electron chi connectivity index (χ1n) is 12.3. The van der Waals surface area contributed by atoms with Gasteiger partial charge in [0.1, 0.15) is 11.6 Å². The first-order chi connectivity index (χ1) is 16.6. The Labute approximate surface area is 199 Å². The molecule has 1 aromatic heterocycles. The second-order valence-corrected chi connectivity index (χ2v) is 9.52. The van der Waals surface area contributed by atoms with Crippen molar-refractivity contribution >= 4 is 11.8 Å². The van der Waals surface area contributed by atoms with E-state index in [2.05, 4.69) is 20.1 Å². The van der Waals surface area contributed by atoms with Crippen LogP contribution in [0.25, 0.3) is 0 Å². The third kappa shape index (κ3) is 4.29. The molecule has 9 nitrogen and oxygen atoms in total. The summed E-state index contributed by atoms with van der Waals surface area (Å²) >= 11 is 0. The number of carbonyl (C=O) groups is 2. The summed E-state index contributed by atoms with van der Waals surface area (Å²) in [6.45, 7) is 3.33. The van der Waals surface area contributed by atoms with Crippen LogP contribution >= 0.6 is 0 Å². The number of fused-ring (bicyclic) bond motifs is 1. The number of nitrogens with zero attached hydrogens (tertiary/aromatic N) is 4. The zero-order valence-electron chi connectivity index (χ0n) is 19.8. The van der Waals surface area contributed by atoms with Gasteiger partial charge in [-0.1, -0.05) is 25.0 Å². The summed E-state index contributed by atoms with van der Waals surface area (Å²) in [5.41, 5.74) is 0.621. The van der Waals surface area contributed by atoms with E-state index in [0.717, 1.165) is 55.1 Å². The first-order valence-corrected chi connectivity index (χ1v) is 12.3. The number of ether oxygens (including phenoxy) is 2. The fourth-order valence-electron chi connectivity index (χ4n) is 5.59. The Hall–Kier alpha value is -2.94. The Morgan fingerprint density at radius 2 is 1.94 bits per heavy atom. The van der Waals surface area contributed by atoms with Crippen LogP contribution in [0.5, 0.6) is 5.75 Å². The molecule has 2 aromatic rings. The zero-order valence-corrected chi connectivity index (χ0v) is 19.8. The highest BCUT2D eigenvalue weighted by Crippen LogP contribution is 2.43. The van der Waals surface area contributed by atoms with Gasteiger partial charge in [0.25, 0.3) is 0 Å². The molecule has 1 atom stereocenters. The van der Waals surface area contributed by atoms with E-state index < -0.39 is 5.41 Å². The van der Waals surface area contributed by atoms with Crippen LogP contribution in [0.15, 0.2) is 24.3 Å². The molecule has 3 heterocycles. The van der Waals surface area contributed by atoms with E-state index in [1.165, 1.54) is 0 Å². The van der Waals surface area contributed by atoms with Crippen LogP contribution in [-0.2, 0) is 39.3 Å². The molecule has 3 aliphatic rings. The number of hydrogen-bond donors (Lipinski definition) is 1. The van der Waals surface area contributed by atoms with Gasteiger partial charge in [-0.15, -0.1) is 10.2 Å². The lowest BCUT2D eigenvalue weighted by molar-refractivity contribution is -0.137. The van der Waals surface area contributed by atoms with Crippen molar-refractivity contribution in [1.29, 1.82) is 0 Å². The lowest BCUT2D eigenvalue weighted by Gasteiger charge is -2.34. The fourth-order valence-corrected chi connectivity index (χ4v) is 5.59. The van der Waals surface area contributed by atoms with E-state index in [9.17, 15) is 9.59 Å². The molecule has 0 spiro atoms. The maximum Gasteiger partial charge on any atom is 0.233 e. The molecule has 1 saturated carbocycles. The van der Waals surface area contributed by atoms with Gasteiger partial charge in [0, 0.05) is 32.7 Å². The highest BCUT2D eigenvalue weighted by molar-refractivity contribution is 5.88. The van der Waals surface area contributed by atoms with Crippen LogP contribution < -0.4 is 10.1 Å². The predicted octanol–water partition coefficient (Wildman–Crippen LogP) is 1.84. The van der Waals surface area contributed by atoms with Crippen molar-refractivity contribution in [2.45, 2.75) is 57.0 Å². The van der Waals surface area contributed by atoms with Crippen molar-refractivity contribution in [3.63, 3.8) is 0 Å². The Balaban J connectivity index is 1.27. The van der Waals surface area contributed by atoms with E-state index in [4.69, 9.17) is 9.47 Å². The van der Waals surface area contributed by atoms with Gasteiger partial charge in [-0.3, -0.25) is 9.59 Å². The molecule has 182 valence electrons. The van der Waals surface area contributed by atoms with E-state index in [0.29, 0.717) is 45.8 Å². The summed E-state index contributed by atoms with van der Waals surface area (Å²) in [6.07, 6.45) is 5.30. The average molecular weight is 468 g/mol. The van der Waals surface area contributed by atoms with Gasteiger partial charge in [0.2, 0.25) is 11.8 Å². The van der Waals surface area contributed by atoms with Gasteiger partial charge >= 0.3 is 0 Å². The number of hydrogen-bond acceptors (Lipinski definition) is 6. The lowest BCUT2D eigenvalue weighted by Crippen LogP contribution is -2.46. The maximum atomic E-state index is 13.9. The Morgan fingerprint density at radius 3 is 2.65 bits per heavy atom. The molecular formula is C25H33N5O4. The quantitative estimate of drug-likeness (QED) is 0.696. The molecule has 1 saturated heterocycles. The molecule has 1 aliphatic carbocycles. The van der Waals surface area contributed by atoms with Crippen molar-refractivity contribution in [3.8, 4) is 5.75 Å². The molecule has 2 fully saturated rings. The molecule has 2 amide bonds. The molecular weight excluding hydrogens is 434 g/mol. The second kappa shape index (κ2) is 9.74. The summed E-state index contributed by atoms with van der Waals surface area (Å²) < 4.78 is 12.7. The van der Waals surface area contributed by atoms with Gasteiger partial charge in [-0.2, -0.15) is 0 Å². The van der Waals surface area contributed by atoms with E-state index in [1.54, 1.807) is 7.11 Å². The molecule has 1 aromatic carbocycles. The molecule has 2 aliphatic heterocycles. The number of aromatic nitrogens is 3. The van der Waals surface area contributed by atoms with Gasteiger partial charge < -0.3 is 24.3 Å². The third-order valence-corrected chi connectivity index (χ3v) is 7.62. The SMILES string of the molecule is COc1ccc(C2(C(=O)N3CCc4nnc(CNC(=O)[C@H]5CCOC5)n4CC3)CCCC2)cc1. The number of benzene rings is 1. The fraction of sp³-hybridized carbons (Fsp3) is 0.600. The topological polar surface area (TPSA) is 98.6 Å². The lowest BCUT2D eigenvalue weighted by atomic mass is 9.77. The van der Waals surface area contributed by atoms with Gasteiger partial charge in [0.15, 0.2) is 5.82 Å². The maximum absolute atomic E-state index is 13.9. The number of methoxy groups -OCH3 is 1. The summed E-state index contributed by atoms with van der Waals surface area (Å²) in [7, 11) is 1.66. The van der Waals surface area contributed by atoms with Crippen molar-refractivity contribution in [1.82, 2.24) is 25.0 Å². The third-order valence-electron chi connectivity index (χ3n) is 7.62. The van der Waals surface area contributed by atoms with E-state index in [-0.39, 0.29) is 17.7 Å². The van der Waals surface area contributed by atoms with E-state index >= 15 is 0 Å². The van der Waals surface area contributed by atoms with Crippen LogP contribution in [0.4, 0.5) is 0 Å². The number of carbonyl (C=O) groups excluding carboxylic acids is 2. The highest BCUT2D eigenvalue weighted by atomic mass is 16.5. The molecule has 0 bridgehead atoms. The largest absolute Gasteiger partial charge is 0.497 e. The monoisotopic (exact) mass is 467 g/mol. The molecule has 0 unspecified atom stereocenters. The molecule has 0 radical (unpaired) electrons. The van der Waals surface area contributed by atoms with Crippen LogP contribution in [0.2, 0.25) is 0 Å². The van der Waals surface area contributed by atoms with E-state index in [1.807, 2.05) is 29.2 Å². The minimum absolute atomic E-state index is 0.00273. The van der Waals surface area contributed by atoms with Crippen molar-refractivity contribution in [2.75, 3.05) is 33.4 Å². The Bertz CT molecular complexity index is 1020. The van der Waals surface area contributed by atoms with Crippen molar-refractivity contribution in [2.24, 2.45) is 5.92 Å². The smallest absolute Gasteiger partial charge is 0.233 e. The van der Waals surface area contributed by atoms with Gasteiger partial charge in [-0.05, 0) is 37.0 Å². The molecule has 34 heavy (non-hydrogen) atoms. The van der Waals surface area contributed by atoms with Crippen LogP contribution in [0, 0.1) is 5.92 Å². The first kappa shape index (κ1) is 22.8.